The standard InChI is InChI=1S/C19H20N2O4S/c1-3-24-17-9-15-8-13(2)25-18(15)10-16(17)12-21-26(22,23)19-7-5-4-6-14(19)11-20/h4-7,9-10,13,21H,3,8,12H2,1-2H3/t13-/m1/s1. The van der Waals surface area contributed by atoms with Gasteiger partial charge in [-0.15, -0.1) is 0 Å². The summed E-state index contributed by atoms with van der Waals surface area (Å²) in [5.74, 6) is 1.40. The molecule has 7 heteroatoms. The molecule has 1 heterocycles. The Kier molecular flexibility index (Phi) is 5.16. The highest BCUT2D eigenvalue weighted by molar-refractivity contribution is 7.89. The Labute approximate surface area is 153 Å². The molecular weight excluding hydrogens is 352 g/mol. The molecule has 0 aromatic heterocycles. The average molecular weight is 372 g/mol. The Bertz CT molecular complexity index is 964. The summed E-state index contributed by atoms with van der Waals surface area (Å²) in [6, 6.07) is 11.7. The van der Waals surface area contributed by atoms with Crippen LogP contribution in [0.1, 0.15) is 30.5 Å². The molecule has 1 atom stereocenters. The first-order valence-corrected chi connectivity index (χ1v) is 9.87. The van der Waals surface area contributed by atoms with Gasteiger partial charge in [-0.2, -0.15) is 5.26 Å². The molecule has 0 fully saturated rings. The molecule has 1 aliphatic rings. The van der Waals surface area contributed by atoms with Crippen LogP contribution in [0, 0.1) is 11.3 Å². The fourth-order valence-corrected chi connectivity index (χ4v) is 4.12. The van der Waals surface area contributed by atoms with E-state index in [4.69, 9.17) is 14.7 Å². The van der Waals surface area contributed by atoms with Crippen molar-refractivity contribution >= 4 is 10.0 Å². The van der Waals surface area contributed by atoms with Crippen LogP contribution >= 0.6 is 0 Å². The summed E-state index contributed by atoms with van der Waals surface area (Å²) >= 11 is 0. The van der Waals surface area contributed by atoms with E-state index in [0.717, 1.165) is 17.7 Å². The summed E-state index contributed by atoms with van der Waals surface area (Å²) in [7, 11) is -3.83. The molecule has 1 aliphatic heterocycles. The Balaban J connectivity index is 1.87. The zero-order chi connectivity index (χ0) is 18.7. The maximum absolute atomic E-state index is 12.6. The minimum Gasteiger partial charge on any atom is -0.494 e. The molecule has 2 aromatic carbocycles. The fourth-order valence-electron chi connectivity index (χ4n) is 2.95. The number of hydrogen-bond acceptors (Lipinski definition) is 5. The first-order valence-electron chi connectivity index (χ1n) is 8.38. The third kappa shape index (κ3) is 3.66. The Morgan fingerprint density at radius 3 is 2.85 bits per heavy atom. The SMILES string of the molecule is CCOc1cc2c(cc1CNS(=O)(=O)c1ccccc1C#N)O[C@H](C)C2. The number of nitrogens with one attached hydrogen (secondary N) is 1. The van der Waals surface area contributed by atoms with Crippen LogP contribution in [-0.4, -0.2) is 21.1 Å². The Morgan fingerprint density at radius 2 is 2.12 bits per heavy atom. The van der Waals surface area contributed by atoms with Crippen LogP contribution in [-0.2, 0) is 23.0 Å². The summed E-state index contributed by atoms with van der Waals surface area (Å²) in [6.45, 7) is 4.39. The normalized spacial score (nSPS) is 15.8. The highest BCUT2D eigenvalue weighted by atomic mass is 32.2. The predicted molar refractivity (Wildman–Crippen MR) is 96.6 cm³/mol. The number of hydrogen-bond donors (Lipinski definition) is 1. The molecule has 3 rings (SSSR count). The van der Waals surface area contributed by atoms with Gasteiger partial charge in [-0.05, 0) is 38.1 Å². The van der Waals surface area contributed by atoms with Gasteiger partial charge < -0.3 is 9.47 Å². The molecular formula is C19H20N2O4S. The van der Waals surface area contributed by atoms with Crippen molar-refractivity contribution in [2.75, 3.05) is 6.61 Å². The summed E-state index contributed by atoms with van der Waals surface area (Å²) in [5, 5.41) is 9.13. The number of nitriles is 1. The lowest BCUT2D eigenvalue weighted by molar-refractivity contribution is 0.254. The summed E-state index contributed by atoms with van der Waals surface area (Å²) in [5.41, 5.74) is 1.86. The molecule has 0 unspecified atom stereocenters. The average Bonchev–Trinajstić information content (AvgIpc) is 2.99. The van der Waals surface area contributed by atoms with Crippen LogP contribution in [0.4, 0.5) is 0 Å². The van der Waals surface area contributed by atoms with Gasteiger partial charge >= 0.3 is 0 Å². The van der Waals surface area contributed by atoms with Crippen LogP contribution in [0.5, 0.6) is 11.5 Å². The van der Waals surface area contributed by atoms with Gasteiger partial charge in [0.2, 0.25) is 10.0 Å². The molecule has 1 N–H and O–H groups in total. The molecule has 6 nitrogen and oxygen atoms in total. The first-order chi connectivity index (χ1) is 12.4. The summed E-state index contributed by atoms with van der Waals surface area (Å²) in [4.78, 5) is -0.0357. The highest BCUT2D eigenvalue weighted by Gasteiger charge is 2.23. The van der Waals surface area contributed by atoms with Crippen molar-refractivity contribution < 1.29 is 17.9 Å². The molecule has 0 saturated carbocycles. The van der Waals surface area contributed by atoms with E-state index in [1.54, 1.807) is 12.1 Å². The van der Waals surface area contributed by atoms with Crippen molar-refractivity contribution in [3.63, 3.8) is 0 Å². The maximum atomic E-state index is 12.6. The van der Waals surface area contributed by atoms with Gasteiger partial charge in [0.25, 0.3) is 0 Å². The van der Waals surface area contributed by atoms with Crippen molar-refractivity contribution in [1.29, 1.82) is 5.26 Å². The molecule has 136 valence electrons. The largest absolute Gasteiger partial charge is 0.494 e. The minimum absolute atomic E-state index is 0.0357. The van der Waals surface area contributed by atoms with E-state index >= 15 is 0 Å². The van der Waals surface area contributed by atoms with E-state index in [9.17, 15) is 8.42 Å². The van der Waals surface area contributed by atoms with Crippen LogP contribution in [0.15, 0.2) is 41.3 Å². The number of rotatable bonds is 6. The number of sulfonamides is 1. The van der Waals surface area contributed by atoms with Gasteiger partial charge in [-0.25, -0.2) is 13.1 Å². The first kappa shape index (κ1) is 18.2. The molecule has 0 spiro atoms. The lowest BCUT2D eigenvalue weighted by Gasteiger charge is -2.14. The van der Waals surface area contributed by atoms with E-state index < -0.39 is 10.0 Å². The predicted octanol–water partition coefficient (Wildman–Crippen LogP) is 2.76. The topological polar surface area (TPSA) is 88.4 Å². The zero-order valence-corrected chi connectivity index (χ0v) is 15.5. The lowest BCUT2D eigenvalue weighted by Crippen LogP contribution is -2.24. The van der Waals surface area contributed by atoms with Gasteiger partial charge in [0.1, 0.15) is 23.7 Å². The second-order valence-corrected chi connectivity index (χ2v) is 7.80. The molecule has 2 aromatic rings. The lowest BCUT2D eigenvalue weighted by atomic mass is 10.1. The van der Waals surface area contributed by atoms with Gasteiger partial charge in [0.05, 0.1) is 17.1 Å². The van der Waals surface area contributed by atoms with E-state index in [-0.39, 0.29) is 23.1 Å². The number of benzene rings is 2. The van der Waals surface area contributed by atoms with E-state index in [0.29, 0.717) is 17.9 Å². The maximum Gasteiger partial charge on any atom is 0.242 e. The Morgan fingerprint density at radius 1 is 1.35 bits per heavy atom. The van der Waals surface area contributed by atoms with E-state index in [1.165, 1.54) is 12.1 Å². The molecule has 26 heavy (non-hydrogen) atoms. The minimum atomic E-state index is -3.83. The van der Waals surface area contributed by atoms with Crippen molar-refractivity contribution in [3.05, 3.63) is 53.1 Å². The highest BCUT2D eigenvalue weighted by Crippen LogP contribution is 2.35. The summed E-state index contributed by atoms with van der Waals surface area (Å²) < 4.78 is 39.2. The number of fused-ring (bicyclic) bond motifs is 1. The molecule has 0 aliphatic carbocycles. The molecule has 0 amide bonds. The van der Waals surface area contributed by atoms with Crippen molar-refractivity contribution in [1.82, 2.24) is 4.72 Å². The quantitative estimate of drug-likeness (QED) is 0.842. The van der Waals surface area contributed by atoms with Crippen LogP contribution in [0.2, 0.25) is 0 Å². The molecule has 0 saturated heterocycles. The van der Waals surface area contributed by atoms with Crippen LogP contribution < -0.4 is 14.2 Å². The second-order valence-electron chi connectivity index (χ2n) is 6.07. The van der Waals surface area contributed by atoms with Crippen molar-refractivity contribution in [2.45, 2.75) is 37.8 Å². The van der Waals surface area contributed by atoms with E-state index in [1.807, 2.05) is 32.0 Å². The number of ether oxygens (including phenoxy) is 2. The third-order valence-corrected chi connectivity index (χ3v) is 5.59. The third-order valence-electron chi connectivity index (χ3n) is 4.13. The van der Waals surface area contributed by atoms with Gasteiger partial charge in [0, 0.05) is 24.1 Å². The van der Waals surface area contributed by atoms with Gasteiger partial charge in [-0.1, -0.05) is 12.1 Å². The van der Waals surface area contributed by atoms with Crippen LogP contribution in [0.25, 0.3) is 0 Å². The fraction of sp³-hybridized carbons (Fsp3) is 0.316. The smallest absolute Gasteiger partial charge is 0.242 e. The molecule has 0 bridgehead atoms. The summed E-state index contributed by atoms with van der Waals surface area (Å²) in [6.07, 6.45) is 0.894. The monoisotopic (exact) mass is 372 g/mol. The van der Waals surface area contributed by atoms with Crippen molar-refractivity contribution in [3.8, 4) is 17.6 Å². The van der Waals surface area contributed by atoms with Crippen molar-refractivity contribution in [2.24, 2.45) is 0 Å². The van der Waals surface area contributed by atoms with Gasteiger partial charge in [0.15, 0.2) is 0 Å². The van der Waals surface area contributed by atoms with Gasteiger partial charge in [-0.3, -0.25) is 0 Å². The Hall–Kier alpha value is -2.56. The number of nitrogens with zero attached hydrogens (tertiary/aromatic N) is 1. The second kappa shape index (κ2) is 7.36. The zero-order valence-electron chi connectivity index (χ0n) is 14.7. The van der Waals surface area contributed by atoms with Crippen LogP contribution in [0.3, 0.4) is 0 Å². The molecule has 0 radical (unpaired) electrons. The van der Waals surface area contributed by atoms with E-state index in [2.05, 4.69) is 4.72 Å².